The van der Waals surface area contributed by atoms with Crippen LogP contribution in [-0.4, -0.2) is 56.3 Å². The number of carboxylic acid groups (broad SMARTS) is 1. The van der Waals surface area contributed by atoms with Gasteiger partial charge in [-0.15, -0.1) is 0 Å². The second-order valence-electron chi connectivity index (χ2n) is 4.09. The maximum atomic E-state index is 10.8. The number of carboxylic acids is 1. The van der Waals surface area contributed by atoms with E-state index in [1.807, 2.05) is 14.1 Å². The molecule has 0 unspecified atom stereocenters. The van der Waals surface area contributed by atoms with Crippen LogP contribution in [0.5, 0.6) is 5.75 Å². The summed E-state index contributed by atoms with van der Waals surface area (Å²) in [5.41, 5.74) is 0.246. The van der Waals surface area contributed by atoms with Crippen molar-refractivity contribution in [3.63, 3.8) is 0 Å². The smallest absolute Gasteiger partial charge is 0.335 e. The summed E-state index contributed by atoms with van der Waals surface area (Å²) in [6.45, 7) is 3.24. The minimum atomic E-state index is -0.938. The lowest BCUT2D eigenvalue weighted by molar-refractivity contribution is 0.0696. The number of rotatable bonds is 8. The molecule has 0 heterocycles. The van der Waals surface area contributed by atoms with Crippen molar-refractivity contribution in [3.05, 3.63) is 29.8 Å². The molecule has 0 aliphatic rings. The van der Waals surface area contributed by atoms with Crippen molar-refractivity contribution in [2.24, 2.45) is 0 Å². The molecule has 0 saturated heterocycles. The first-order valence-corrected chi connectivity index (χ1v) is 5.93. The SMILES string of the molecule is CNCCN(C)CCOc1cccc(C(=O)O)c1. The van der Waals surface area contributed by atoms with Crippen molar-refractivity contribution in [3.8, 4) is 5.75 Å². The highest BCUT2D eigenvalue weighted by Crippen LogP contribution is 2.13. The molecule has 18 heavy (non-hydrogen) atoms. The Morgan fingerprint density at radius 2 is 2.22 bits per heavy atom. The molecule has 2 N–H and O–H groups in total. The third-order valence-corrected chi connectivity index (χ3v) is 2.57. The van der Waals surface area contributed by atoms with Crippen LogP contribution in [0.1, 0.15) is 10.4 Å². The summed E-state index contributed by atoms with van der Waals surface area (Å²) in [6.07, 6.45) is 0. The van der Waals surface area contributed by atoms with E-state index in [9.17, 15) is 4.79 Å². The van der Waals surface area contributed by atoms with E-state index >= 15 is 0 Å². The molecule has 0 fully saturated rings. The van der Waals surface area contributed by atoms with Gasteiger partial charge in [-0.25, -0.2) is 4.79 Å². The molecule has 0 aliphatic heterocycles. The molecule has 0 amide bonds. The van der Waals surface area contributed by atoms with Crippen LogP contribution in [0.15, 0.2) is 24.3 Å². The third-order valence-electron chi connectivity index (χ3n) is 2.57. The Morgan fingerprint density at radius 3 is 2.89 bits per heavy atom. The molecule has 0 bridgehead atoms. The van der Waals surface area contributed by atoms with Crippen LogP contribution in [0.3, 0.4) is 0 Å². The van der Waals surface area contributed by atoms with Crippen molar-refractivity contribution < 1.29 is 14.6 Å². The monoisotopic (exact) mass is 252 g/mol. The summed E-state index contributed by atoms with van der Waals surface area (Å²) in [4.78, 5) is 12.9. The topological polar surface area (TPSA) is 61.8 Å². The molecule has 0 atom stereocenters. The molecule has 100 valence electrons. The lowest BCUT2D eigenvalue weighted by Crippen LogP contribution is -2.30. The van der Waals surface area contributed by atoms with Gasteiger partial charge in [-0.05, 0) is 32.3 Å². The summed E-state index contributed by atoms with van der Waals surface area (Å²) >= 11 is 0. The summed E-state index contributed by atoms with van der Waals surface area (Å²) < 4.78 is 5.52. The Bertz CT molecular complexity index is 382. The Hall–Kier alpha value is -1.59. The van der Waals surface area contributed by atoms with E-state index in [4.69, 9.17) is 9.84 Å². The van der Waals surface area contributed by atoms with E-state index in [0.717, 1.165) is 19.6 Å². The lowest BCUT2D eigenvalue weighted by atomic mass is 10.2. The summed E-state index contributed by atoms with van der Waals surface area (Å²) in [7, 11) is 3.94. The molecule has 1 rings (SSSR count). The molecular weight excluding hydrogens is 232 g/mol. The zero-order valence-electron chi connectivity index (χ0n) is 10.8. The molecule has 0 aromatic heterocycles. The molecule has 5 nitrogen and oxygen atoms in total. The third kappa shape index (κ3) is 5.16. The van der Waals surface area contributed by atoms with Gasteiger partial charge in [-0.3, -0.25) is 0 Å². The normalized spacial score (nSPS) is 10.6. The van der Waals surface area contributed by atoms with Crippen LogP contribution >= 0.6 is 0 Å². The maximum absolute atomic E-state index is 10.8. The number of benzene rings is 1. The van der Waals surface area contributed by atoms with Crippen molar-refractivity contribution in [2.45, 2.75) is 0 Å². The maximum Gasteiger partial charge on any atom is 0.335 e. The van der Waals surface area contributed by atoms with Crippen LogP contribution in [-0.2, 0) is 0 Å². The molecule has 1 aromatic carbocycles. The number of hydrogen-bond acceptors (Lipinski definition) is 4. The van der Waals surface area contributed by atoms with Gasteiger partial charge in [-0.1, -0.05) is 6.07 Å². The minimum Gasteiger partial charge on any atom is -0.492 e. The highest BCUT2D eigenvalue weighted by Gasteiger charge is 2.04. The minimum absolute atomic E-state index is 0.246. The van der Waals surface area contributed by atoms with E-state index < -0.39 is 5.97 Å². The van der Waals surface area contributed by atoms with Gasteiger partial charge in [0.05, 0.1) is 5.56 Å². The summed E-state index contributed by atoms with van der Waals surface area (Å²) in [5, 5.41) is 11.9. The van der Waals surface area contributed by atoms with Gasteiger partial charge in [0.25, 0.3) is 0 Å². The van der Waals surface area contributed by atoms with E-state index in [2.05, 4.69) is 10.2 Å². The van der Waals surface area contributed by atoms with Gasteiger partial charge in [0, 0.05) is 19.6 Å². The Morgan fingerprint density at radius 1 is 1.44 bits per heavy atom. The number of nitrogens with one attached hydrogen (secondary N) is 1. The van der Waals surface area contributed by atoms with Crippen molar-refractivity contribution in [2.75, 3.05) is 40.3 Å². The van der Waals surface area contributed by atoms with Crippen molar-refractivity contribution in [1.29, 1.82) is 0 Å². The van der Waals surface area contributed by atoms with Gasteiger partial charge in [0.15, 0.2) is 0 Å². The second kappa shape index (κ2) is 7.68. The number of aromatic carboxylic acids is 1. The van der Waals surface area contributed by atoms with E-state index in [-0.39, 0.29) is 5.56 Å². The Labute approximate surface area is 107 Å². The van der Waals surface area contributed by atoms with E-state index in [1.165, 1.54) is 6.07 Å². The van der Waals surface area contributed by atoms with Crippen LogP contribution in [0.2, 0.25) is 0 Å². The van der Waals surface area contributed by atoms with E-state index in [0.29, 0.717) is 12.4 Å². The average molecular weight is 252 g/mol. The molecule has 1 aromatic rings. The molecular formula is C13H20N2O3. The largest absolute Gasteiger partial charge is 0.492 e. The fourth-order valence-electron chi connectivity index (χ4n) is 1.45. The fraction of sp³-hybridized carbons (Fsp3) is 0.462. The Kier molecular flexibility index (Phi) is 6.18. The van der Waals surface area contributed by atoms with Crippen LogP contribution in [0, 0.1) is 0 Å². The molecule has 0 radical (unpaired) electrons. The van der Waals surface area contributed by atoms with E-state index in [1.54, 1.807) is 18.2 Å². The van der Waals surface area contributed by atoms with Gasteiger partial charge in [0.1, 0.15) is 12.4 Å². The predicted molar refractivity (Wildman–Crippen MR) is 70.3 cm³/mol. The number of nitrogens with zero attached hydrogens (tertiary/aromatic N) is 1. The zero-order valence-corrected chi connectivity index (χ0v) is 10.8. The van der Waals surface area contributed by atoms with Gasteiger partial charge >= 0.3 is 5.97 Å². The van der Waals surface area contributed by atoms with Crippen molar-refractivity contribution >= 4 is 5.97 Å². The fourth-order valence-corrected chi connectivity index (χ4v) is 1.45. The predicted octanol–water partition coefficient (Wildman–Crippen LogP) is 0.915. The van der Waals surface area contributed by atoms with Gasteiger partial charge in [-0.2, -0.15) is 0 Å². The zero-order chi connectivity index (χ0) is 13.4. The van der Waals surface area contributed by atoms with Gasteiger partial charge < -0.3 is 20.1 Å². The Balaban J connectivity index is 2.35. The first kappa shape index (κ1) is 14.5. The van der Waals surface area contributed by atoms with Crippen LogP contribution < -0.4 is 10.1 Å². The number of hydrogen-bond donors (Lipinski definition) is 2. The molecule has 5 heteroatoms. The van der Waals surface area contributed by atoms with Crippen molar-refractivity contribution in [1.82, 2.24) is 10.2 Å². The van der Waals surface area contributed by atoms with Crippen LogP contribution in [0.4, 0.5) is 0 Å². The first-order chi connectivity index (χ1) is 8.63. The quantitative estimate of drug-likeness (QED) is 0.720. The standard InChI is InChI=1S/C13H20N2O3/c1-14-6-7-15(2)8-9-18-12-5-3-4-11(10-12)13(16)17/h3-5,10,14H,6-9H2,1-2H3,(H,16,17). The molecule has 0 saturated carbocycles. The highest BCUT2D eigenvalue weighted by atomic mass is 16.5. The number of ether oxygens (including phenoxy) is 1. The molecule has 0 aliphatic carbocycles. The highest BCUT2D eigenvalue weighted by molar-refractivity contribution is 5.87. The summed E-state index contributed by atoms with van der Waals surface area (Å²) in [5.74, 6) is -0.344. The lowest BCUT2D eigenvalue weighted by Gasteiger charge is -2.16. The first-order valence-electron chi connectivity index (χ1n) is 5.93. The number of carbonyl (C=O) groups is 1. The average Bonchev–Trinajstić information content (AvgIpc) is 2.36. The van der Waals surface area contributed by atoms with Gasteiger partial charge in [0.2, 0.25) is 0 Å². The molecule has 0 spiro atoms. The second-order valence-corrected chi connectivity index (χ2v) is 4.09. The summed E-state index contributed by atoms with van der Waals surface area (Å²) in [6, 6.07) is 6.54. The number of likely N-dealkylation sites (N-methyl/N-ethyl adjacent to an activating group) is 2. The van der Waals surface area contributed by atoms with Crippen LogP contribution in [0.25, 0.3) is 0 Å².